The van der Waals surface area contributed by atoms with Gasteiger partial charge >= 0.3 is 5.97 Å². The van der Waals surface area contributed by atoms with Gasteiger partial charge in [-0.1, -0.05) is 60.7 Å². The van der Waals surface area contributed by atoms with Crippen molar-refractivity contribution in [3.8, 4) is 22.6 Å². The molecule has 1 aromatic heterocycles. The number of hydrogen-bond acceptors (Lipinski definition) is 5. The molecule has 0 aliphatic heterocycles. The average molecular weight is 370 g/mol. The number of nitrogens with zero attached hydrogens (tertiary/aromatic N) is 2. The lowest BCUT2D eigenvalue weighted by Crippen LogP contribution is -2.09. The van der Waals surface area contributed by atoms with Crippen LogP contribution in [0, 0.1) is 0 Å². The van der Waals surface area contributed by atoms with E-state index in [0.29, 0.717) is 11.5 Å². The number of ether oxygens (including phenoxy) is 1. The number of hydrogen-bond donors (Lipinski definition) is 0. The molecule has 0 radical (unpaired) electrons. The van der Waals surface area contributed by atoms with Crippen LogP contribution in [0.1, 0.15) is 29.3 Å². The molecule has 0 aliphatic rings. The Morgan fingerprint density at radius 3 is 2.00 bits per heavy atom. The summed E-state index contributed by atoms with van der Waals surface area (Å²) in [5.74, 6) is 0.213. The largest absolute Gasteiger partial charge is 0.449 e. The van der Waals surface area contributed by atoms with Crippen LogP contribution in [-0.4, -0.2) is 16.2 Å². The number of carbonyl (C=O) groups is 1. The molecular weight excluding hydrogens is 352 g/mol. The molecule has 4 rings (SSSR count). The highest BCUT2D eigenvalue weighted by molar-refractivity contribution is 5.90. The first-order valence-corrected chi connectivity index (χ1v) is 8.96. The molecule has 1 unspecified atom stereocenters. The summed E-state index contributed by atoms with van der Waals surface area (Å²) in [5.41, 5.74) is 3.41. The standard InChI is InChI=1S/C23H18N2O3/c1-16(21-24-25-22(28-21)19-10-6-3-7-11-19)27-23(26)20-14-12-18(13-15-20)17-8-4-2-5-9-17/h2-16H,1H3. The van der Waals surface area contributed by atoms with Crippen molar-refractivity contribution in [1.82, 2.24) is 10.2 Å². The summed E-state index contributed by atoms with van der Waals surface area (Å²) in [6.07, 6.45) is -0.647. The normalized spacial score (nSPS) is 11.8. The molecule has 0 N–H and O–H groups in total. The third-order valence-electron chi connectivity index (χ3n) is 4.32. The van der Waals surface area contributed by atoms with Crippen LogP contribution in [0.2, 0.25) is 0 Å². The van der Waals surface area contributed by atoms with E-state index in [9.17, 15) is 4.79 Å². The van der Waals surface area contributed by atoms with Crippen molar-refractivity contribution >= 4 is 5.97 Å². The highest BCUT2D eigenvalue weighted by Gasteiger charge is 2.20. The quantitative estimate of drug-likeness (QED) is 0.445. The first kappa shape index (κ1) is 17.7. The van der Waals surface area contributed by atoms with E-state index in [1.807, 2.05) is 72.8 Å². The van der Waals surface area contributed by atoms with Gasteiger partial charge in [-0.25, -0.2) is 4.79 Å². The predicted molar refractivity (Wildman–Crippen MR) is 105 cm³/mol. The summed E-state index contributed by atoms with van der Waals surface area (Å²) in [5, 5.41) is 8.02. The molecule has 0 aliphatic carbocycles. The van der Waals surface area contributed by atoms with E-state index in [-0.39, 0.29) is 5.89 Å². The third-order valence-corrected chi connectivity index (χ3v) is 4.32. The van der Waals surface area contributed by atoms with Gasteiger partial charge in [-0.15, -0.1) is 10.2 Å². The molecule has 0 bridgehead atoms. The van der Waals surface area contributed by atoms with Crippen LogP contribution >= 0.6 is 0 Å². The molecule has 1 atom stereocenters. The molecule has 0 fully saturated rings. The van der Waals surface area contributed by atoms with Crippen LogP contribution < -0.4 is 0 Å². The van der Waals surface area contributed by atoms with Gasteiger partial charge in [0.2, 0.25) is 5.89 Å². The number of benzene rings is 3. The van der Waals surface area contributed by atoms with Gasteiger partial charge in [0.05, 0.1) is 5.56 Å². The number of aromatic nitrogens is 2. The zero-order valence-corrected chi connectivity index (χ0v) is 15.3. The second-order valence-corrected chi connectivity index (χ2v) is 6.30. The fourth-order valence-corrected chi connectivity index (χ4v) is 2.80. The maximum Gasteiger partial charge on any atom is 0.338 e. The van der Waals surface area contributed by atoms with Crippen molar-refractivity contribution in [3.05, 3.63) is 96.4 Å². The number of carbonyl (C=O) groups excluding carboxylic acids is 1. The summed E-state index contributed by atoms with van der Waals surface area (Å²) in [7, 11) is 0. The van der Waals surface area contributed by atoms with Gasteiger partial charge in [0, 0.05) is 5.56 Å². The topological polar surface area (TPSA) is 65.2 Å². The van der Waals surface area contributed by atoms with Crippen LogP contribution in [0.15, 0.2) is 89.3 Å². The van der Waals surface area contributed by atoms with Crippen LogP contribution in [0.25, 0.3) is 22.6 Å². The number of esters is 1. The van der Waals surface area contributed by atoms with Crippen molar-refractivity contribution < 1.29 is 13.9 Å². The molecule has 0 spiro atoms. The molecule has 0 saturated carbocycles. The van der Waals surface area contributed by atoms with E-state index >= 15 is 0 Å². The highest BCUT2D eigenvalue weighted by Crippen LogP contribution is 2.24. The predicted octanol–water partition coefficient (Wildman–Crippen LogP) is 5.32. The Morgan fingerprint density at radius 2 is 1.36 bits per heavy atom. The molecule has 0 saturated heterocycles. The summed E-state index contributed by atoms with van der Waals surface area (Å²) < 4.78 is 11.1. The molecule has 1 heterocycles. The minimum atomic E-state index is -0.647. The summed E-state index contributed by atoms with van der Waals surface area (Å²) in [6, 6.07) is 26.7. The maximum atomic E-state index is 12.4. The Labute approximate surface area is 162 Å². The van der Waals surface area contributed by atoms with Crippen molar-refractivity contribution in [2.45, 2.75) is 13.0 Å². The van der Waals surface area contributed by atoms with Crippen molar-refractivity contribution in [2.24, 2.45) is 0 Å². The van der Waals surface area contributed by atoms with Crippen molar-refractivity contribution in [1.29, 1.82) is 0 Å². The zero-order chi connectivity index (χ0) is 19.3. The van der Waals surface area contributed by atoms with E-state index in [0.717, 1.165) is 16.7 Å². The minimum absolute atomic E-state index is 0.258. The van der Waals surface area contributed by atoms with Gasteiger partial charge in [-0.3, -0.25) is 0 Å². The average Bonchev–Trinajstić information content (AvgIpc) is 3.26. The van der Waals surface area contributed by atoms with Crippen LogP contribution in [-0.2, 0) is 4.74 Å². The SMILES string of the molecule is CC(OC(=O)c1ccc(-c2ccccc2)cc1)c1nnc(-c2ccccc2)o1. The van der Waals surface area contributed by atoms with Crippen LogP contribution in [0.5, 0.6) is 0 Å². The Bertz CT molecular complexity index is 1060. The molecular formula is C23H18N2O3. The lowest BCUT2D eigenvalue weighted by molar-refractivity contribution is 0.0280. The molecule has 5 nitrogen and oxygen atoms in total. The van der Waals surface area contributed by atoms with Crippen molar-refractivity contribution in [3.63, 3.8) is 0 Å². The lowest BCUT2D eigenvalue weighted by atomic mass is 10.0. The van der Waals surface area contributed by atoms with E-state index in [2.05, 4.69) is 10.2 Å². The Balaban J connectivity index is 1.44. The molecule has 28 heavy (non-hydrogen) atoms. The van der Waals surface area contributed by atoms with Gasteiger partial charge in [-0.2, -0.15) is 0 Å². The first-order chi connectivity index (χ1) is 13.7. The third kappa shape index (κ3) is 3.83. The summed E-state index contributed by atoms with van der Waals surface area (Å²) in [4.78, 5) is 12.4. The first-order valence-electron chi connectivity index (χ1n) is 8.96. The fourth-order valence-electron chi connectivity index (χ4n) is 2.80. The smallest absolute Gasteiger partial charge is 0.338 e. The summed E-state index contributed by atoms with van der Waals surface area (Å²) in [6.45, 7) is 1.71. The molecule has 5 heteroatoms. The van der Waals surface area contributed by atoms with Crippen molar-refractivity contribution in [2.75, 3.05) is 0 Å². The van der Waals surface area contributed by atoms with Gasteiger partial charge in [0.1, 0.15) is 0 Å². The van der Waals surface area contributed by atoms with Gasteiger partial charge in [0.15, 0.2) is 6.10 Å². The maximum absolute atomic E-state index is 12.4. The van der Waals surface area contributed by atoms with Crippen LogP contribution in [0.3, 0.4) is 0 Å². The van der Waals surface area contributed by atoms with E-state index in [1.54, 1.807) is 19.1 Å². The monoisotopic (exact) mass is 370 g/mol. The Morgan fingerprint density at radius 1 is 0.786 bits per heavy atom. The van der Waals surface area contributed by atoms with Gasteiger partial charge < -0.3 is 9.15 Å². The van der Waals surface area contributed by atoms with E-state index < -0.39 is 12.1 Å². The lowest BCUT2D eigenvalue weighted by Gasteiger charge is -2.10. The Hall–Kier alpha value is -3.73. The fraction of sp³-hybridized carbons (Fsp3) is 0.0870. The highest BCUT2D eigenvalue weighted by atomic mass is 16.6. The minimum Gasteiger partial charge on any atom is -0.449 e. The van der Waals surface area contributed by atoms with Gasteiger partial charge in [0.25, 0.3) is 5.89 Å². The number of rotatable bonds is 5. The molecule has 4 aromatic rings. The summed E-state index contributed by atoms with van der Waals surface area (Å²) >= 11 is 0. The second kappa shape index (κ2) is 7.88. The zero-order valence-electron chi connectivity index (χ0n) is 15.3. The molecule has 138 valence electrons. The van der Waals surface area contributed by atoms with E-state index in [4.69, 9.17) is 9.15 Å². The second-order valence-electron chi connectivity index (χ2n) is 6.30. The molecule has 0 amide bonds. The molecule has 3 aromatic carbocycles. The van der Waals surface area contributed by atoms with Gasteiger partial charge in [-0.05, 0) is 42.3 Å². The van der Waals surface area contributed by atoms with Crippen LogP contribution in [0.4, 0.5) is 0 Å². The van der Waals surface area contributed by atoms with E-state index in [1.165, 1.54) is 0 Å². The Kier molecular flexibility index (Phi) is 4.97.